The van der Waals surface area contributed by atoms with Crippen LogP contribution in [-0.4, -0.2) is 30.9 Å². The van der Waals surface area contributed by atoms with Gasteiger partial charge in [-0.3, -0.25) is 14.4 Å². The van der Waals surface area contributed by atoms with Gasteiger partial charge in [-0.1, -0.05) is 43.3 Å². The highest BCUT2D eigenvalue weighted by Crippen LogP contribution is 2.29. The Morgan fingerprint density at radius 2 is 1.79 bits per heavy atom. The van der Waals surface area contributed by atoms with Crippen molar-refractivity contribution in [3.8, 4) is 0 Å². The average molecular weight is 394 g/mol. The molecule has 2 amide bonds. The number of hydrogen-bond acceptors (Lipinski definition) is 4. The third-order valence-electron chi connectivity index (χ3n) is 5.21. The molecule has 1 aliphatic heterocycles. The second-order valence-electron chi connectivity index (χ2n) is 7.31. The monoisotopic (exact) mass is 394 g/mol. The van der Waals surface area contributed by atoms with Crippen molar-refractivity contribution in [2.45, 2.75) is 33.6 Å². The van der Waals surface area contributed by atoms with Crippen molar-refractivity contribution in [2.75, 3.05) is 23.4 Å². The lowest BCUT2D eigenvalue weighted by atomic mass is 10.1. The molecule has 1 aliphatic rings. The highest BCUT2D eigenvalue weighted by atomic mass is 16.5. The van der Waals surface area contributed by atoms with Gasteiger partial charge in [0.1, 0.15) is 0 Å². The van der Waals surface area contributed by atoms with Crippen LogP contribution in [0.25, 0.3) is 0 Å². The van der Waals surface area contributed by atoms with Gasteiger partial charge in [-0.05, 0) is 43.0 Å². The first kappa shape index (κ1) is 20.6. The summed E-state index contributed by atoms with van der Waals surface area (Å²) in [6.07, 6.45) is 0.892. The van der Waals surface area contributed by atoms with Gasteiger partial charge in [0, 0.05) is 24.3 Å². The summed E-state index contributed by atoms with van der Waals surface area (Å²) < 4.78 is 5.20. The molecule has 1 fully saturated rings. The first-order valence-corrected chi connectivity index (χ1v) is 9.81. The number of amides is 2. The summed E-state index contributed by atoms with van der Waals surface area (Å²) in [6.45, 7) is 5.74. The Morgan fingerprint density at radius 1 is 1.10 bits per heavy atom. The SMILES string of the molecule is CCc1ccccc1N1C[C@@H](C(=O)OCC(=O)Nc2c(C)cccc2C)CC1=O. The fourth-order valence-corrected chi connectivity index (χ4v) is 3.61. The molecule has 29 heavy (non-hydrogen) atoms. The van der Waals surface area contributed by atoms with Gasteiger partial charge < -0.3 is 15.0 Å². The van der Waals surface area contributed by atoms with Gasteiger partial charge in [0.2, 0.25) is 5.91 Å². The lowest BCUT2D eigenvalue weighted by Crippen LogP contribution is -2.28. The molecule has 6 nitrogen and oxygen atoms in total. The molecule has 0 aliphatic carbocycles. The number of carbonyl (C=O) groups is 3. The number of benzene rings is 2. The predicted octanol–water partition coefficient (Wildman–Crippen LogP) is 3.40. The summed E-state index contributed by atoms with van der Waals surface area (Å²) >= 11 is 0. The number of esters is 1. The number of rotatable bonds is 6. The van der Waals surface area contributed by atoms with E-state index in [1.807, 2.05) is 63.2 Å². The lowest BCUT2D eigenvalue weighted by Gasteiger charge is -2.19. The normalized spacial score (nSPS) is 16.0. The van der Waals surface area contributed by atoms with E-state index in [9.17, 15) is 14.4 Å². The highest BCUT2D eigenvalue weighted by molar-refractivity contribution is 6.00. The minimum absolute atomic E-state index is 0.0927. The molecule has 2 aromatic carbocycles. The van der Waals surface area contributed by atoms with Crippen LogP contribution < -0.4 is 10.2 Å². The molecule has 0 unspecified atom stereocenters. The molecule has 0 bridgehead atoms. The quantitative estimate of drug-likeness (QED) is 0.762. The van der Waals surface area contributed by atoms with Crippen LogP contribution in [-0.2, 0) is 25.5 Å². The molecule has 0 aromatic heterocycles. The van der Waals surface area contributed by atoms with E-state index in [1.165, 1.54) is 0 Å². The molecule has 1 heterocycles. The van der Waals surface area contributed by atoms with E-state index in [0.29, 0.717) is 0 Å². The van der Waals surface area contributed by atoms with Crippen LogP contribution in [0.4, 0.5) is 11.4 Å². The van der Waals surface area contributed by atoms with Gasteiger partial charge in [0.15, 0.2) is 6.61 Å². The Hall–Kier alpha value is -3.15. The Bertz CT molecular complexity index is 918. The van der Waals surface area contributed by atoms with Crippen LogP contribution in [0.15, 0.2) is 42.5 Å². The largest absolute Gasteiger partial charge is 0.455 e. The number of anilines is 2. The number of nitrogens with one attached hydrogen (secondary N) is 1. The lowest BCUT2D eigenvalue weighted by molar-refractivity contribution is -0.151. The molecule has 0 spiro atoms. The van der Waals surface area contributed by atoms with Crippen molar-refractivity contribution < 1.29 is 19.1 Å². The van der Waals surface area contributed by atoms with Crippen molar-refractivity contribution in [1.29, 1.82) is 0 Å². The van der Waals surface area contributed by atoms with E-state index in [1.54, 1.807) is 4.90 Å². The summed E-state index contributed by atoms with van der Waals surface area (Å²) in [4.78, 5) is 38.7. The van der Waals surface area contributed by atoms with Crippen molar-refractivity contribution in [2.24, 2.45) is 5.92 Å². The zero-order valence-corrected chi connectivity index (χ0v) is 17.0. The molecule has 1 N–H and O–H groups in total. The summed E-state index contributed by atoms with van der Waals surface area (Å²) in [7, 11) is 0. The first-order valence-electron chi connectivity index (χ1n) is 9.81. The molecule has 6 heteroatoms. The maximum absolute atomic E-state index is 12.5. The van der Waals surface area contributed by atoms with E-state index in [-0.39, 0.29) is 25.5 Å². The predicted molar refractivity (Wildman–Crippen MR) is 112 cm³/mol. The molecule has 3 rings (SSSR count). The van der Waals surface area contributed by atoms with E-state index < -0.39 is 17.8 Å². The summed E-state index contributed by atoms with van der Waals surface area (Å²) in [5, 5.41) is 2.79. The van der Waals surface area contributed by atoms with Crippen LogP contribution in [0, 0.1) is 19.8 Å². The molecular weight excluding hydrogens is 368 g/mol. The van der Waals surface area contributed by atoms with Crippen molar-refractivity contribution in [3.05, 3.63) is 59.2 Å². The number of nitrogens with zero attached hydrogens (tertiary/aromatic N) is 1. The zero-order valence-electron chi connectivity index (χ0n) is 17.0. The number of para-hydroxylation sites is 2. The Kier molecular flexibility index (Phi) is 6.32. The number of aryl methyl sites for hydroxylation is 3. The molecule has 152 valence electrons. The minimum Gasteiger partial charge on any atom is -0.455 e. The summed E-state index contributed by atoms with van der Waals surface area (Å²) in [5.41, 5.74) is 4.51. The van der Waals surface area contributed by atoms with Gasteiger partial charge in [0.25, 0.3) is 5.91 Å². The van der Waals surface area contributed by atoms with Gasteiger partial charge in [0.05, 0.1) is 5.92 Å². The van der Waals surface area contributed by atoms with E-state index in [0.717, 1.165) is 34.5 Å². The topological polar surface area (TPSA) is 75.7 Å². The van der Waals surface area contributed by atoms with Gasteiger partial charge in [-0.2, -0.15) is 0 Å². The van der Waals surface area contributed by atoms with Crippen molar-refractivity contribution >= 4 is 29.2 Å². The van der Waals surface area contributed by atoms with Gasteiger partial charge >= 0.3 is 5.97 Å². The fraction of sp³-hybridized carbons (Fsp3) is 0.348. The molecular formula is C23H26N2O4. The number of carbonyl (C=O) groups excluding carboxylic acids is 3. The van der Waals surface area contributed by atoms with Crippen molar-refractivity contribution in [1.82, 2.24) is 0 Å². The zero-order chi connectivity index (χ0) is 21.0. The molecule has 0 saturated carbocycles. The van der Waals surface area contributed by atoms with Crippen LogP contribution in [0.5, 0.6) is 0 Å². The first-order chi connectivity index (χ1) is 13.9. The van der Waals surface area contributed by atoms with Crippen molar-refractivity contribution in [3.63, 3.8) is 0 Å². The van der Waals surface area contributed by atoms with Crippen LogP contribution >= 0.6 is 0 Å². The molecule has 0 radical (unpaired) electrons. The van der Waals surface area contributed by atoms with E-state index in [4.69, 9.17) is 4.74 Å². The van der Waals surface area contributed by atoms with Gasteiger partial charge in [-0.25, -0.2) is 0 Å². The van der Waals surface area contributed by atoms with Crippen LogP contribution in [0.3, 0.4) is 0 Å². The Labute approximate surface area is 170 Å². The average Bonchev–Trinajstić information content (AvgIpc) is 3.10. The molecule has 1 saturated heterocycles. The minimum atomic E-state index is -0.569. The standard InChI is InChI=1S/C23H26N2O4/c1-4-17-10-5-6-11-19(17)25-13-18(12-21(25)27)23(28)29-14-20(26)24-22-15(2)8-7-9-16(22)3/h5-11,18H,4,12-14H2,1-3H3,(H,24,26)/t18-/m0/s1. The third kappa shape index (κ3) is 4.65. The fourth-order valence-electron chi connectivity index (χ4n) is 3.61. The Morgan fingerprint density at radius 3 is 2.48 bits per heavy atom. The maximum atomic E-state index is 12.5. The van der Waals surface area contributed by atoms with E-state index >= 15 is 0 Å². The third-order valence-corrected chi connectivity index (χ3v) is 5.21. The number of ether oxygens (including phenoxy) is 1. The van der Waals surface area contributed by atoms with Gasteiger partial charge in [-0.15, -0.1) is 0 Å². The van der Waals surface area contributed by atoms with Crippen LogP contribution in [0.2, 0.25) is 0 Å². The second-order valence-corrected chi connectivity index (χ2v) is 7.31. The maximum Gasteiger partial charge on any atom is 0.311 e. The molecule has 2 aromatic rings. The van der Waals surface area contributed by atoms with E-state index in [2.05, 4.69) is 5.32 Å². The van der Waals surface area contributed by atoms with Crippen LogP contribution in [0.1, 0.15) is 30.0 Å². The number of hydrogen-bond donors (Lipinski definition) is 1. The summed E-state index contributed by atoms with van der Waals surface area (Å²) in [5.74, 6) is -1.59. The highest BCUT2D eigenvalue weighted by Gasteiger charge is 2.37. The second kappa shape index (κ2) is 8.90. The smallest absolute Gasteiger partial charge is 0.311 e. The Balaban J connectivity index is 1.58. The molecule has 1 atom stereocenters. The summed E-state index contributed by atoms with van der Waals surface area (Å²) in [6, 6.07) is 13.4.